The second-order valence-corrected chi connectivity index (χ2v) is 5.94. The lowest BCUT2D eigenvalue weighted by molar-refractivity contribution is 0.101. The average molecular weight is 348 g/mol. The molecule has 0 aliphatic heterocycles. The summed E-state index contributed by atoms with van der Waals surface area (Å²) in [5.41, 5.74) is 1.76. The van der Waals surface area contributed by atoms with Gasteiger partial charge in [-0.15, -0.1) is 0 Å². The zero-order valence-electron chi connectivity index (χ0n) is 14.1. The van der Waals surface area contributed by atoms with E-state index in [1.165, 1.54) is 0 Å². The third-order valence-corrected chi connectivity index (χ3v) is 4.20. The molecule has 1 aromatic carbocycles. The molecule has 0 saturated carbocycles. The molecule has 6 heteroatoms. The first-order valence-corrected chi connectivity index (χ1v) is 8.10. The molecule has 0 bridgehead atoms. The Morgan fingerprint density at radius 1 is 1.33 bits per heavy atom. The highest BCUT2D eigenvalue weighted by molar-refractivity contribution is 6.30. The number of urea groups is 1. The number of pyridine rings is 1. The molecule has 5 nitrogen and oxygen atoms in total. The van der Waals surface area contributed by atoms with Crippen molar-refractivity contribution in [2.45, 2.75) is 19.1 Å². The minimum atomic E-state index is -0.258. The van der Waals surface area contributed by atoms with Gasteiger partial charge in [0.2, 0.25) is 0 Å². The van der Waals surface area contributed by atoms with Crippen LogP contribution in [0.1, 0.15) is 30.3 Å². The van der Waals surface area contributed by atoms with Gasteiger partial charge in [-0.05, 0) is 36.8 Å². The van der Waals surface area contributed by atoms with Crippen LogP contribution in [0.15, 0.2) is 48.7 Å². The third-order valence-electron chi connectivity index (χ3n) is 3.96. The van der Waals surface area contributed by atoms with E-state index in [9.17, 15) is 4.79 Å². The van der Waals surface area contributed by atoms with E-state index in [-0.39, 0.29) is 18.2 Å². The number of methoxy groups -OCH3 is 1. The van der Waals surface area contributed by atoms with Crippen LogP contribution in [0.5, 0.6) is 0 Å². The monoisotopic (exact) mass is 347 g/mol. The van der Waals surface area contributed by atoms with E-state index >= 15 is 0 Å². The lowest BCUT2D eigenvalue weighted by Crippen LogP contribution is -2.40. The molecule has 2 rings (SSSR count). The summed E-state index contributed by atoms with van der Waals surface area (Å²) >= 11 is 6.01. The Kier molecular flexibility index (Phi) is 6.58. The van der Waals surface area contributed by atoms with Crippen LogP contribution >= 0.6 is 11.6 Å². The number of carbonyl (C=O) groups excluding carboxylic acids is 1. The number of halogens is 1. The highest BCUT2D eigenvalue weighted by Crippen LogP contribution is 2.20. The number of carbonyl (C=O) groups is 1. The van der Waals surface area contributed by atoms with Crippen LogP contribution < -0.4 is 5.32 Å². The van der Waals surface area contributed by atoms with Crippen molar-refractivity contribution in [2.24, 2.45) is 0 Å². The van der Waals surface area contributed by atoms with Crippen molar-refractivity contribution in [2.75, 3.05) is 20.7 Å². The van der Waals surface area contributed by atoms with Crippen molar-refractivity contribution in [3.63, 3.8) is 0 Å². The molecule has 0 saturated heterocycles. The molecule has 0 radical (unpaired) electrons. The second-order valence-electron chi connectivity index (χ2n) is 5.51. The van der Waals surface area contributed by atoms with Crippen LogP contribution in [0.4, 0.5) is 4.79 Å². The quantitative estimate of drug-likeness (QED) is 0.864. The molecule has 0 aliphatic rings. The molecule has 2 aromatic rings. The van der Waals surface area contributed by atoms with Crippen LogP contribution in [0, 0.1) is 0 Å². The summed E-state index contributed by atoms with van der Waals surface area (Å²) < 4.78 is 5.46. The van der Waals surface area contributed by atoms with Crippen LogP contribution in [0.2, 0.25) is 5.02 Å². The highest BCUT2D eigenvalue weighted by atomic mass is 35.5. The molecule has 0 fully saturated rings. The van der Waals surface area contributed by atoms with E-state index < -0.39 is 0 Å². The lowest BCUT2D eigenvalue weighted by Gasteiger charge is -2.26. The van der Waals surface area contributed by atoms with E-state index in [4.69, 9.17) is 16.3 Å². The largest absolute Gasteiger partial charge is 0.375 e. The molecule has 1 heterocycles. The van der Waals surface area contributed by atoms with Crippen molar-refractivity contribution < 1.29 is 9.53 Å². The minimum Gasteiger partial charge on any atom is -0.375 e. The Hall–Kier alpha value is -2.11. The van der Waals surface area contributed by atoms with Gasteiger partial charge in [-0.3, -0.25) is 4.98 Å². The molecular weight excluding hydrogens is 326 g/mol. The molecule has 2 atom stereocenters. The summed E-state index contributed by atoms with van der Waals surface area (Å²) in [7, 11) is 3.35. The number of hydrogen-bond donors (Lipinski definition) is 1. The van der Waals surface area contributed by atoms with Crippen molar-refractivity contribution in [1.29, 1.82) is 0 Å². The highest BCUT2D eigenvalue weighted by Gasteiger charge is 2.19. The standard InChI is InChI=1S/C18H22ClN3O2/c1-13(16-9-4-5-10-20-16)22(2)18(23)21-12-17(24-3)14-7-6-8-15(19)11-14/h4-11,13,17H,12H2,1-3H3,(H,21,23)/t13-,17+/m0/s1. The van der Waals surface area contributed by atoms with E-state index in [1.807, 2.05) is 43.3 Å². The summed E-state index contributed by atoms with van der Waals surface area (Å²) in [5.74, 6) is 0. The fraction of sp³-hybridized carbons (Fsp3) is 0.333. The maximum absolute atomic E-state index is 12.4. The van der Waals surface area contributed by atoms with Gasteiger partial charge in [0.15, 0.2) is 0 Å². The number of rotatable bonds is 6. The van der Waals surface area contributed by atoms with Gasteiger partial charge in [-0.2, -0.15) is 0 Å². The Morgan fingerprint density at radius 2 is 2.12 bits per heavy atom. The number of nitrogens with one attached hydrogen (secondary N) is 1. The fourth-order valence-corrected chi connectivity index (χ4v) is 2.54. The zero-order valence-corrected chi connectivity index (χ0v) is 14.8. The molecule has 128 valence electrons. The van der Waals surface area contributed by atoms with Gasteiger partial charge in [-0.25, -0.2) is 4.79 Å². The summed E-state index contributed by atoms with van der Waals surface area (Å²) in [6, 6.07) is 12.8. The van der Waals surface area contributed by atoms with Crippen LogP contribution in [0.25, 0.3) is 0 Å². The molecule has 2 amide bonds. The summed E-state index contributed by atoms with van der Waals surface area (Å²) in [4.78, 5) is 18.3. The van der Waals surface area contributed by atoms with Crippen LogP contribution in [0.3, 0.4) is 0 Å². The van der Waals surface area contributed by atoms with Crippen molar-refractivity contribution in [3.8, 4) is 0 Å². The first-order valence-electron chi connectivity index (χ1n) is 7.72. The normalized spacial score (nSPS) is 13.2. The SMILES string of the molecule is CO[C@H](CNC(=O)N(C)[C@@H](C)c1ccccn1)c1cccc(Cl)c1. The van der Waals surface area contributed by atoms with Crippen molar-refractivity contribution in [1.82, 2.24) is 15.2 Å². The molecule has 0 aliphatic carbocycles. The Labute approximate surface area is 147 Å². The number of nitrogens with zero attached hydrogens (tertiary/aromatic N) is 2. The summed E-state index contributed by atoms with van der Waals surface area (Å²) in [6.45, 7) is 2.29. The summed E-state index contributed by atoms with van der Waals surface area (Å²) in [6.07, 6.45) is 1.46. The maximum atomic E-state index is 12.4. The van der Waals surface area contributed by atoms with Gasteiger partial charge in [0.25, 0.3) is 0 Å². The van der Waals surface area contributed by atoms with Gasteiger partial charge in [0.05, 0.1) is 17.8 Å². The second kappa shape index (κ2) is 8.66. The number of hydrogen-bond acceptors (Lipinski definition) is 3. The van der Waals surface area contributed by atoms with Gasteiger partial charge in [-0.1, -0.05) is 29.8 Å². The van der Waals surface area contributed by atoms with Crippen molar-refractivity contribution in [3.05, 3.63) is 64.9 Å². The maximum Gasteiger partial charge on any atom is 0.317 e. The van der Waals surface area contributed by atoms with Gasteiger partial charge >= 0.3 is 6.03 Å². The van der Waals surface area contributed by atoms with Crippen LogP contribution in [-0.2, 0) is 4.74 Å². The minimum absolute atomic E-state index is 0.127. The molecule has 0 unspecified atom stereocenters. The van der Waals surface area contributed by atoms with E-state index in [0.717, 1.165) is 11.3 Å². The third kappa shape index (κ3) is 4.69. The molecule has 24 heavy (non-hydrogen) atoms. The summed E-state index contributed by atoms with van der Waals surface area (Å²) in [5, 5.41) is 3.53. The number of amides is 2. The molecule has 1 N–H and O–H groups in total. The predicted molar refractivity (Wildman–Crippen MR) is 95.0 cm³/mol. The number of benzene rings is 1. The zero-order chi connectivity index (χ0) is 17.5. The van der Waals surface area contributed by atoms with E-state index in [2.05, 4.69) is 10.3 Å². The van der Waals surface area contributed by atoms with Crippen molar-refractivity contribution >= 4 is 17.6 Å². The molecular formula is C18H22ClN3O2. The Balaban J connectivity index is 1.96. The van der Waals surface area contributed by atoms with Gasteiger partial charge in [0, 0.05) is 31.9 Å². The topological polar surface area (TPSA) is 54.5 Å². The van der Waals surface area contributed by atoms with Crippen LogP contribution in [-0.4, -0.2) is 36.6 Å². The first-order chi connectivity index (χ1) is 11.5. The first kappa shape index (κ1) is 18.2. The Morgan fingerprint density at radius 3 is 2.75 bits per heavy atom. The smallest absolute Gasteiger partial charge is 0.317 e. The van der Waals surface area contributed by atoms with Gasteiger partial charge < -0.3 is 15.0 Å². The average Bonchev–Trinajstić information content (AvgIpc) is 2.61. The van der Waals surface area contributed by atoms with Gasteiger partial charge in [0.1, 0.15) is 0 Å². The Bertz CT molecular complexity index is 666. The fourth-order valence-electron chi connectivity index (χ4n) is 2.35. The molecule has 1 aromatic heterocycles. The van der Waals surface area contributed by atoms with E-state index in [1.54, 1.807) is 31.3 Å². The number of ether oxygens (including phenoxy) is 1. The predicted octanol–water partition coefficient (Wildman–Crippen LogP) is 3.83. The molecule has 0 spiro atoms. The van der Waals surface area contributed by atoms with E-state index in [0.29, 0.717) is 11.6 Å². The lowest BCUT2D eigenvalue weighted by atomic mass is 10.1. The number of aromatic nitrogens is 1.